The molecule has 2 aliphatic rings. The van der Waals surface area contributed by atoms with Crippen LogP contribution in [0.3, 0.4) is 0 Å². The Labute approximate surface area is 131 Å². The molecular formula is C16H21NO4S. The van der Waals surface area contributed by atoms with Crippen LogP contribution in [0.25, 0.3) is 0 Å². The van der Waals surface area contributed by atoms with Crippen molar-refractivity contribution in [3.8, 4) is 5.75 Å². The van der Waals surface area contributed by atoms with E-state index in [4.69, 9.17) is 4.74 Å². The second-order valence-corrected chi connectivity index (χ2v) is 7.84. The Morgan fingerprint density at radius 3 is 2.77 bits per heavy atom. The maximum absolute atomic E-state index is 12.4. The zero-order valence-corrected chi connectivity index (χ0v) is 13.4. The van der Waals surface area contributed by atoms with E-state index in [2.05, 4.69) is 4.72 Å². The lowest BCUT2D eigenvalue weighted by Crippen LogP contribution is -2.37. The van der Waals surface area contributed by atoms with Gasteiger partial charge in [0.2, 0.25) is 5.91 Å². The van der Waals surface area contributed by atoms with Gasteiger partial charge in [0.05, 0.1) is 11.5 Å². The van der Waals surface area contributed by atoms with Gasteiger partial charge in [-0.25, -0.2) is 13.1 Å². The summed E-state index contributed by atoms with van der Waals surface area (Å²) in [5.74, 6) is 0.940. The van der Waals surface area contributed by atoms with E-state index in [9.17, 15) is 13.2 Å². The van der Waals surface area contributed by atoms with E-state index in [-0.39, 0.29) is 16.7 Å². The molecule has 0 aromatic heterocycles. The molecule has 0 heterocycles. The summed E-state index contributed by atoms with van der Waals surface area (Å²) in [5.41, 5.74) is 0. The minimum Gasteiger partial charge on any atom is -0.494 e. The van der Waals surface area contributed by atoms with Crippen molar-refractivity contribution in [3.63, 3.8) is 0 Å². The van der Waals surface area contributed by atoms with Gasteiger partial charge in [-0.1, -0.05) is 12.5 Å². The van der Waals surface area contributed by atoms with Crippen molar-refractivity contribution in [1.29, 1.82) is 0 Å². The number of amides is 1. The van der Waals surface area contributed by atoms with Crippen LogP contribution < -0.4 is 9.46 Å². The summed E-state index contributed by atoms with van der Waals surface area (Å²) in [6.07, 6.45) is 4.11. The molecule has 0 radical (unpaired) electrons. The smallest absolute Gasteiger partial charge is 0.264 e. The van der Waals surface area contributed by atoms with E-state index in [1.807, 2.05) is 6.92 Å². The molecule has 1 amide bonds. The van der Waals surface area contributed by atoms with Crippen molar-refractivity contribution < 1.29 is 17.9 Å². The van der Waals surface area contributed by atoms with Gasteiger partial charge in [-0.05, 0) is 50.2 Å². The Bertz CT molecular complexity index is 670. The van der Waals surface area contributed by atoms with Crippen LogP contribution in [0.2, 0.25) is 0 Å². The highest BCUT2D eigenvalue weighted by Crippen LogP contribution is 2.48. The van der Waals surface area contributed by atoms with Crippen LogP contribution in [-0.2, 0) is 14.8 Å². The zero-order chi connectivity index (χ0) is 15.7. The maximum Gasteiger partial charge on any atom is 0.264 e. The van der Waals surface area contributed by atoms with Gasteiger partial charge < -0.3 is 4.74 Å². The van der Waals surface area contributed by atoms with E-state index in [1.54, 1.807) is 12.1 Å². The summed E-state index contributed by atoms with van der Waals surface area (Å²) in [6, 6.07) is 6.22. The lowest BCUT2D eigenvalue weighted by molar-refractivity contribution is -0.124. The molecular weight excluding hydrogens is 302 g/mol. The van der Waals surface area contributed by atoms with Crippen LogP contribution >= 0.6 is 0 Å². The number of carbonyl (C=O) groups is 1. The van der Waals surface area contributed by atoms with Crippen molar-refractivity contribution >= 4 is 15.9 Å². The molecule has 0 unspecified atom stereocenters. The maximum atomic E-state index is 12.4. The number of fused-ring (bicyclic) bond motifs is 2. The molecule has 1 N–H and O–H groups in total. The number of benzene rings is 1. The fourth-order valence-electron chi connectivity index (χ4n) is 3.73. The van der Waals surface area contributed by atoms with Gasteiger partial charge in [0, 0.05) is 12.0 Å². The van der Waals surface area contributed by atoms with Crippen LogP contribution in [0.5, 0.6) is 5.75 Å². The third-order valence-electron chi connectivity index (χ3n) is 4.74. The van der Waals surface area contributed by atoms with Crippen molar-refractivity contribution in [1.82, 2.24) is 4.72 Å². The molecule has 1 aromatic carbocycles. The molecule has 0 aliphatic heterocycles. The van der Waals surface area contributed by atoms with Gasteiger partial charge in [0.15, 0.2) is 0 Å². The average molecular weight is 323 g/mol. The molecule has 2 saturated carbocycles. The molecule has 3 atom stereocenters. The van der Waals surface area contributed by atoms with E-state index < -0.39 is 10.0 Å². The van der Waals surface area contributed by atoms with Crippen LogP contribution in [0.15, 0.2) is 29.2 Å². The third kappa shape index (κ3) is 2.97. The molecule has 2 bridgehead atoms. The highest BCUT2D eigenvalue weighted by Gasteiger charge is 2.43. The number of hydrogen-bond acceptors (Lipinski definition) is 4. The predicted octanol–water partition coefficient (Wildman–Crippen LogP) is 2.33. The number of rotatable bonds is 5. The Balaban J connectivity index is 1.73. The molecule has 0 saturated heterocycles. The number of nitrogens with one attached hydrogen (secondary N) is 1. The highest BCUT2D eigenvalue weighted by molar-refractivity contribution is 7.90. The Morgan fingerprint density at radius 2 is 2.14 bits per heavy atom. The fraction of sp³-hybridized carbons (Fsp3) is 0.562. The summed E-state index contributed by atoms with van der Waals surface area (Å²) in [5, 5.41) is 0. The van der Waals surface area contributed by atoms with Gasteiger partial charge in [-0.15, -0.1) is 0 Å². The van der Waals surface area contributed by atoms with E-state index in [0.717, 1.165) is 19.3 Å². The van der Waals surface area contributed by atoms with Gasteiger partial charge in [-0.3, -0.25) is 4.79 Å². The molecule has 3 rings (SSSR count). The fourth-order valence-corrected chi connectivity index (χ4v) is 4.79. The minimum absolute atomic E-state index is 0.0648. The van der Waals surface area contributed by atoms with Crippen molar-refractivity contribution in [2.24, 2.45) is 17.8 Å². The number of carbonyl (C=O) groups excluding carboxylic acids is 1. The SMILES string of the molecule is CCOc1cccc(S(=O)(=O)NC(=O)[C@@H]2C[C@H]3CC[C@H]2C3)c1. The number of hydrogen-bond donors (Lipinski definition) is 1. The topological polar surface area (TPSA) is 72.5 Å². The van der Waals surface area contributed by atoms with Crippen LogP contribution in [0, 0.1) is 17.8 Å². The molecule has 2 aliphatic carbocycles. The number of sulfonamides is 1. The average Bonchev–Trinajstić information content (AvgIpc) is 3.10. The van der Waals surface area contributed by atoms with Crippen molar-refractivity contribution in [3.05, 3.63) is 24.3 Å². The lowest BCUT2D eigenvalue weighted by atomic mass is 9.88. The molecule has 5 nitrogen and oxygen atoms in total. The Morgan fingerprint density at radius 1 is 1.32 bits per heavy atom. The summed E-state index contributed by atoms with van der Waals surface area (Å²) in [6.45, 7) is 2.29. The van der Waals surface area contributed by atoms with Crippen LogP contribution in [-0.4, -0.2) is 20.9 Å². The van der Waals surface area contributed by atoms with Gasteiger partial charge >= 0.3 is 0 Å². The molecule has 1 aromatic rings. The first-order valence-electron chi connectivity index (χ1n) is 7.79. The van der Waals surface area contributed by atoms with Gasteiger partial charge in [-0.2, -0.15) is 0 Å². The van der Waals surface area contributed by atoms with Gasteiger partial charge in [0.1, 0.15) is 5.75 Å². The van der Waals surface area contributed by atoms with Gasteiger partial charge in [0.25, 0.3) is 10.0 Å². The second-order valence-electron chi connectivity index (χ2n) is 6.16. The first-order chi connectivity index (χ1) is 10.5. The van der Waals surface area contributed by atoms with E-state index in [0.29, 0.717) is 24.2 Å². The normalized spacial score (nSPS) is 26.9. The Kier molecular flexibility index (Phi) is 4.12. The first-order valence-corrected chi connectivity index (χ1v) is 9.27. The quantitative estimate of drug-likeness (QED) is 0.902. The summed E-state index contributed by atoms with van der Waals surface area (Å²) < 4.78 is 32.3. The third-order valence-corrected chi connectivity index (χ3v) is 6.08. The summed E-state index contributed by atoms with van der Waals surface area (Å²) in [4.78, 5) is 12.4. The monoisotopic (exact) mass is 323 g/mol. The first kappa shape index (κ1) is 15.3. The van der Waals surface area contributed by atoms with Crippen LogP contribution in [0.1, 0.15) is 32.6 Å². The Hall–Kier alpha value is -1.56. The standard InChI is InChI=1S/C16H21NO4S/c1-2-21-13-4-3-5-14(10-13)22(19,20)17-16(18)15-9-11-6-7-12(15)8-11/h3-5,10-12,15H,2,6-9H2,1H3,(H,17,18)/t11-,12-,15+/m0/s1. The summed E-state index contributed by atoms with van der Waals surface area (Å²) >= 11 is 0. The molecule has 6 heteroatoms. The zero-order valence-electron chi connectivity index (χ0n) is 12.6. The van der Waals surface area contributed by atoms with E-state index >= 15 is 0 Å². The molecule has 22 heavy (non-hydrogen) atoms. The minimum atomic E-state index is -3.83. The predicted molar refractivity (Wildman–Crippen MR) is 81.9 cm³/mol. The summed E-state index contributed by atoms with van der Waals surface area (Å²) in [7, 11) is -3.83. The highest BCUT2D eigenvalue weighted by atomic mass is 32.2. The molecule has 120 valence electrons. The molecule has 2 fully saturated rings. The van der Waals surface area contributed by atoms with Crippen molar-refractivity contribution in [2.45, 2.75) is 37.5 Å². The van der Waals surface area contributed by atoms with Crippen LogP contribution in [0.4, 0.5) is 0 Å². The molecule has 0 spiro atoms. The lowest BCUT2D eigenvalue weighted by Gasteiger charge is -2.20. The van der Waals surface area contributed by atoms with Crippen molar-refractivity contribution in [2.75, 3.05) is 6.61 Å². The number of ether oxygens (including phenoxy) is 1. The second kappa shape index (κ2) is 5.91. The largest absolute Gasteiger partial charge is 0.494 e. The van der Waals surface area contributed by atoms with E-state index in [1.165, 1.54) is 18.6 Å².